The Morgan fingerprint density at radius 3 is 1.56 bits per heavy atom. The van der Waals surface area contributed by atoms with Crippen molar-refractivity contribution in [1.29, 1.82) is 0 Å². The van der Waals surface area contributed by atoms with Crippen molar-refractivity contribution in [2.45, 2.75) is 4.59 Å². The third kappa shape index (κ3) is 3.46. The lowest BCUT2D eigenvalue weighted by atomic mass is 10.6. The lowest BCUT2D eigenvalue weighted by Crippen LogP contribution is -2.04. The first kappa shape index (κ1) is 9.76. The zero-order valence-corrected chi connectivity index (χ0v) is 6.79. The summed E-state index contributed by atoms with van der Waals surface area (Å²) in [6.07, 6.45) is 0. The molecule has 0 rings (SSSR count). The molecule has 0 saturated heterocycles. The summed E-state index contributed by atoms with van der Waals surface area (Å²) in [6.45, 7) is 0. The van der Waals surface area contributed by atoms with Crippen LogP contribution in [0.1, 0.15) is 0 Å². The molecule has 0 unspecified atom stereocenters. The predicted molar refractivity (Wildman–Crippen MR) is 35.4 cm³/mol. The van der Waals surface area contributed by atoms with Gasteiger partial charge in [-0.05, 0) is 0 Å². The van der Waals surface area contributed by atoms with E-state index in [2.05, 4.69) is 23.2 Å². The fraction of sp³-hybridized carbons (Fsp3) is 0.333. The monoisotopic (exact) mass is 214 g/mol. The summed E-state index contributed by atoms with van der Waals surface area (Å²) in [5.74, 6) is -1.60. The van der Waals surface area contributed by atoms with E-state index in [1.807, 2.05) is 0 Å². The van der Waals surface area contributed by atoms with Crippen LogP contribution in [-0.4, -0.2) is 4.59 Å². The molecular formula is C3Cl4F2. The van der Waals surface area contributed by atoms with E-state index in [4.69, 9.17) is 23.2 Å². The second kappa shape index (κ2) is 3.24. The zero-order valence-electron chi connectivity index (χ0n) is 3.77. The van der Waals surface area contributed by atoms with Crippen LogP contribution in [0.2, 0.25) is 0 Å². The summed E-state index contributed by atoms with van der Waals surface area (Å²) in [6, 6.07) is 0. The number of rotatable bonds is 1. The minimum Gasteiger partial charge on any atom is -0.203 e. The van der Waals surface area contributed by atoms with Crippen LogP contribution in [-0.2, 0) is 0 Å². The Morgan fingerprint density at radius 2 is 1.56 bits per heavy atom. The van der Waals surface area contributed by atoms with E-state index in [1.54, 1.807) is 0 Å². The highest BCUT2D eigenvalue weighted by atomic mass is 35.5. The van der Waals surface area contributed by atoms with Crippen LogP contribution in [0.25, 0.3) is 0 Å². The molecule has 0 amide bonds. The van der Waals surface area contributed by atoms with Crippen molar-refractivity contribution in [2.75, 3.05) is 0 Å². The molecular weight excluding hydrogens is 216 g/mol. The van der Waals surface area contributed by atoms with Crippen LogP contribution in [0.15, 0.2) is 10.3 Å². The number of alkyl halides is 3. The lowest BCUT2D eigenvalue weighted by molar-refractivity contribution is 0.375. The van der Waals surface area contributed by atoms with Crippen molar-refractivity contribution in [1.82, 2.24) is 0 Å². The molecule has 54 valence electrons. The Bertz CT molecular complexity index is 131. The number of halogens is 6. The Labute approximate surface area is 70.3 Å². The van der Waals surface area contributed by atoms with Gasteiger partial charge in [0.05, 0.1) is 0 Å². The van der Waals surface area contributed by atoms with Crippen molar-refractivity contribution in [3.63, 3.8) is 0 Å². The molecule has 0 radical (unpaired) electrons. The van der Waals surface area contributed by atoms with Gasteiger partial charge in [-0.3, -0.25) is 0 Å². The quantitative estimate of drug-likeness (QED) is 0.586. The van der Waals surface area contributed by atoms with Crippen molar-refractivity contribution in [3.05, 3.63) is 10.3 Å². The molecule has 6 heteroatoms. The smallest absolute Gasteiger partial charge is 0.203 e. The number of allylic oxidation sites excluding steroid dienone is 1. The number of hydrogen-bond acceptors (Lipinski definition) is 0. The lowest BCUT2D eigenvalue weighted by Gasteiger charge is -2.04. The third-order valence-corrected chi connectivity index (χ3v) is 1.08. The van der Waals surface area contributed by atoms with Gasteiger partial charge in [0, 0.05) is 0 Å². The van der Waals surface area contributed by atoms with Crippen molar-refractivity contribution in [3.8, 4) is 0 Å². The highest BCUT2D eigenvalue weighted by Gasteiger charge is 2.31. The average Bonchev–Trinajstić information content (AvgIpc) is 1.62. The molecule has 0 fully saturated rings. The van der Waals surface area contributed by atoms with Gasteiger partial charge in [-0.15, -0.1) is 0 Å². The second-order valence-corrected chi connectivity index (χ2v) is 3.26. The van der Waals surface area contributed by atoms with Gasteiger partial charge >= 0.3 is 4.59 Å². The van der Waals surface area contributed by atoms with Crippen LogP contribution < -0.4 is 0 Å². The highest BCUT2D eigenvalue weighted by molar-refractivity contribution is 6.58. The summed E-state index contributed by atoms with van der Waals surface area (Å²) in [7, 11) is 0. The summed E-state index contributed by atoms with van der Waals surface area (Å²) in [5, 5.41) is 0. The van der Waals surface area contributed by atoms with Gasteiger partial charge in [-0.25, -0.2) is 4.39 Å². The first-order valence-corrected chi connectivity index (χ1v) is 3.15. The van der Waals surface area contributed by atoms with E-state index in [-0.39, 0.29) is 0 Å². The SMILES string of the molecule is FC(=C(Cl)Cl)C(F)(Cl)Cl. The van der Waals surface area contributed by atoms with Crippen LogP contribution >= 0.6 is 46.4 Å². The fourth-order valence-electron chi connectivity index (χ4n) is 0.107. The van der Waals surface area contributed by atoms with Crippen LogP contribution in [0, 0.1) is 0 Å². The maximum Gasteiger partial charge on any atom is 0.311 e. The topological polar surface area (TPSA) is 0 Å². The van der Waals surface area contributed by atoms with Crippen LogP contribution in [0.3, 0.4) is 0 Å². The summed E-state index contributed by atoms with van der Waals surface area (Å²) in [4.78, 5) is 0. The maximum absolute atomic E-state index is 12.0. The molecule has 0 heterocycles. The van der Waals surface area contributed by atoms with Gasteiger partial charge in [0.25, 0.3) is 0 Å². The van der Waals surface area contributed by atoms with Gasteiger partial charge in [0.15, 0.2) is 5.83 Å². The maximum atomic E-state index is 12.0. The summed E-state index contributed by atoms with van der Waals surface area (Å²) < 4.78 is 19.9. The second-order valence-electron chi connectivity index (χ2n) is 1.07. The Hall–Kier alpha value is 0.760. The highest BCUT2D eigenvalue weighted by Crippen LogP contribution is 2.36. The molecule has 0 aliphatic rings. The van der Waals surface area contributed by atoms with Gasteiger partial charge < -0.3 is 0 Å². The van der Waals surface area contributed by atoms with Gasteiger partial charge in [0.2, 0.25) is 0 Å². The Kier molecular flexibility index (Phi) is 3.51. The Morgan fingerprint density at radius 1 is 1.22 bits per heavy atom. The largest absolute Gasteiger partial charge is 0.311 e. The van der Waals surface area contributed by atoms with Crippen molar-refractivity contribution in [2.24, 2.45) is 0 Å². The molecule has 0 aliphatic heterocycles. The Balaban J connectivity index is 4.40. The first-order valence-electron chi connectivity index (χ1n) is 1.63. The minimum absolute atomic E-state index is 0.914. The minimum atomic E-state index is -3.13. The number of hydrogen-bond donors (Lipinski definition) is 0. The van der Waals surface area contributed by atoms with Gasteiger partial charge in [-0.2, -0.15) is 4.39 Å². The average molecular weight is 216 g/mol. The van der Waals surface area contributed by atoms with E-state index < -0.39 is 14.9 Å². The molecule has 0 atom stereocenters. The molecule has 0 aromatic carbocycles. The van der Waals surface area contributed by atoms with Crippen LogP contribution in [0.4, 0.5) is 8.78 Å². The van der Waals surface area contributed by atoms with Crippen molar-refractivity contribution >= 4 is 46.4 Å². The molecule has 9 heavy (non-hydrogen) atoms. The van der Waals surface area contributed by atoms with E-state index in [9.17, 15) is 8.78 Å². The molecule has 0 aliphatic carbocycles. The third-order valence-electron chi connectivity index (χ3n) is 0.415. The first-order chi connectivity index (χ1) is 3.85. The fourth-order valence-corrected chi connectivity index (χ4v) is 0.750. The molecule has 0 aromatic heterocycles. The van der Waals surface area contributed by atoms with E-state index in [0.29, 0.717) is 0 Å². The van der Waals surface area contributed by atoms with E-state index in [0.717, 1.165) is 0 Å². The van der Waals surface area contributed by atoms with Crippen LogP contribution in [0.5, 0.6) is 0 Å². The van der Waals surface area contributed by atoms with E-state index in [1.165, 1.54) is 0 Å². The molecule has 0 bridgehead atoms. The summed E-state index contributed by atoms with van der Waals surface area (Å²) in [5.41, 5.74) is 0. The zero-order chi connectivity index (χ0) is 7.65. The molecule has 0 N–H and O–H groups in total. The molecule has 0 aromatic rings. The summed E-state index contributed by atoms with van der Waals surface area (Å²) >= 11 is 18.7. The molecule has 0 nitrogen and oxygen atoms in total. The normalized spacial score (nSPS) is 11.3. The van der Waals surface area contributed by atoms with Gasteiger partial charge in [0.1, 0.15) is 4.49 Å². The van der Waals surface area contributed by atoms with Crippen molar-refractivity contribution < 1.29 is 8.78 Å². The molecule has 0 saturated carbocycles. The predicted octanol–water partition coefficient (Wildman–Crippen LogP) is 3.70. The standard InChI is InChI=1S/C3Cl4F2/c4-2(5)1(8)3(6,7)9. The van der Waals surface area contributed by atoms with Gasteiger partial charge in [-0.1, -0.05) is 46.4 Å². The van der Waals surface area contributed by atoms with E-state index >= 15 is 0 Å². The molecule has 0 spiro atoms.